The maximum atomic E-state index is 5.32. The van der Waals surface area contributed by atoms with Crippen molar-refractivity contribution in [3.8, 4) is 11.5 Å². The number of nitrogens with one attached hydrogen (secondary N) is 1. The topological polar surface area (TPSA) is 51.0 Å². The smallest absolute Gasteiger partial charge is 0.260 e. The van der Waals surface area contributed by atoms with Crippen LogP contribution in [0.3, 0.4) is 0 Å². The highest BCUT2D eigenvalue weighted by molar-refractivity contribution is 5.71. The Kier molecular flexibility index (Phi) is 3.97. The first-order valence-corrected chi connectivity index (χ1v) is 6.30. The average molecular weight is 245 g/mol. The van der Waals surface area contributed by atoms with E-state index >= 15 is 0 Å². The highest BCUT2D eigenvalue weighted by Crippen LogP contribution is 2.26. The van der Waals surface area contributed by atoms with Crippen molar-refractivity contribution in [3.05, 3.63) is 30.1 Å². The monoisotopic (exact) mass is 245 g/mol. The third-order valence-electron chi connectivity index (χ3n) is 2.84. The molecule has 0 atom stereocenters. The van der Waals surface area contributed by atoms with Crippen LogP contribution in [0.1, 0.15) is 26.1 Å². The van der Waals surface area contributed by atoms with Crippen molar-refractivity contribution in [1.82, 2.24) is 10.1 Å². The van der Waals surface area contributed by atoms with Crippen LogP contribution in [-0.2, 0) is 6.42 Å². The minimum absolute atomic E-state index is 0.582. The molecule has 0 unspecified atom stereocenters. The van der Waals surface area contributed by atoms with Crippen molar-refractivity contribution in [2.24, 2.45) is 5.92 Å². The van der Waals surface area contributed by atoms with Crippen LogP contribution in [0.2, 0.25) is 0 Å². The van der Waals surface area contributed by atoms with Crippen LogP contribution in [0, 0.1) is 5.92 Å². The predicted octanol–water partition coefficient (Wildman–Crippen LogP) is 3.37. The van der Waals surface area contributed by atoms with Crippen LogP contribution in [0.5, 0.6) is 0 Å². The number of aromatic nitrogens is 2. The van der Waals surface area contributed by atoms with E-state index in [2.05, 4.69) is 29.3 Å². The first-order chi connectivity index (χ1) is 8.70. The zero-order valence-corrected chi connectivity index (χ0v) is 11.1. The zero-order valence-electron chi connectivity index (χ0n) is 11.1. The minimum Gasteiger partial charge on any atom is -0.387 e. The second-order valence-electron chi connectivity index (χ2n) is 4.74. The van der Waals surface area contributed by atoms with Crippen molar-refractivity contribution in [1.29, 1.82) is 0 Å². The van der Waals surface area contributed by atoms with E-state index in [0.29, 0.717) is 11.8 Å². The number of para-hydroxylation sites is 1. The van der Waals surface area contributed by atoms with Gasteiger partial charge >= 0.3 is 0 Å². The molecule has 0 aliphatic carbocycles. The van der Waals surface area contributed by atoms with Gasteiger partial charge < -0.3 is 9.84 Å². The first-order valence-electron chi connectivity index (χ1n) is 6.30. The van der Waals surface area contributed by atoms with Crippen molar-refractivity contribution in [3.63, 3.8) is 0 Å². The molecule has 4 nitrogen and oxygen atoms in total. The number of rotatable bonds is 5. The molecule has 0 bridgehead atoms. The zero-order chi connectivity index (χ0) is 13.0. The number of hydrogen-bond donors (Lipinski definition) is 1. The molecule has 0 saturated carbocycles. The lowest BCUT2D eigenvalue weighted by Gasteiger charge is -2.03. The molecule has 1 N–H and O–H groups in total. The van der Waals surface area contributed by atoms with Gasteiger partial charge in [0.05, 0.1) is 5.56 Å². The van der Waals surface area contributed by atoms with Gasteiger partial charge in [-0.15, -0.1) is 0 Å². The van der Waals surface area contributed by atoms with Crippen LogP contribution in [0.25, 0.3) is 11.5 Å². The summed E-state index contributed by atoms with van der Waals surface area (Å²) >= 11 is 0. The molecule has 2 rings (SSSR count). The summed E-state index contributed by atoms with van der Waals surface area (Å²) in [5.41, 5.74) is 1.94. The standard InChI is InChI=1S/C14H19N3O/c1-10(2)8-9-13-16-14(18-17-13)11-6-4-5-7-12(11)15-3/h4-7,10,15H,8-9H2,1-3H3. The Bertz CT molecular complexity index is 505. The van der Waals surface area contributed by atoms with Crippen LogP contribution < -0.4 is 5.32 Å². The van der Waals surface area contributed by atoms with Crippen LogP contribution in [-0.4, -0.2) is 17.2 Å². The number of benzene rings is 1. The minimum atomic E-state index is 0.582. The maximum absolute atomic E-state index is 5.32. The molecule has 2 aromatic rings. The number of aryl methyl sites for hydroxylation is 1. The highest BCUT2D eigenvalue weighted by atomic mass is 16.5. The van der Waals surface area contributed by atoms with Gasteiger partial charge in [0.25, 0.3) is 5.89 Å². The molecule has 1 heterocycles. The lowest BCUT2D eigenvalue weighted by molar-refractivity contribution is 0.419. The summed E-state index contributed by atoms with van der Waals surface area (Å²) in [6.07, 6.45) is 1.94. The summed E-state index contributed by atoms with van der Waals surface area (Å²) in [7, 11) is 1.88. The number of nitrogens with zero attached hydrogens (tertiary/aromatic N) is 2. The maximum Gasteiger partial charge on any atom is 0.260 e. The molecule has 4 heteroatoms. The van der Waals surface area contributed by atoms with E-state index in [-0.39, 0.29) is 0 Å². The molecule has 0 spiro atoms. The fourth-order valence-electron chi connectivity index (χ4n) is 1.77. The van der Waals surface area contributed by atoms with E-state index < -0.39 is 0 Å². The molecule has 1 aromatic carbocycles. The van der Waals surface area contributed by atoms with E-state index in [1.54, 1.807) is 0 Å². The van der Waals surface area contributed by atoms with E-state index in [1.165, 1.54) is 0 Å². The van der Waals surface area contributed by atoms with Crippen LogP contribution >= 0.6 is 0 Å². The molecule has 0 saturated heterocycles. The lowest BCUT2D eigenvalue weighted by atomic mass is 10.1. The summed E-state index contributed by atoms with van der Waals surface area (Å²) < 4.78 is 5.32. The third-order valence-corrected chi connectivity index (χ3v) is 2.84. The van der Waals surface area contributed by atoms with Crippen molar-refractivity contribution < 1.29 is 4.52 Å². The summed E-state index contributed by atoms with van der Waals surface area (Å²) in [5.74, 6) is 2.01. The molecule has 18 heavy (non-hydrogen) atoms. The molecule has 0 aliphatic heterocycles. The Labute approximate surface area is 107 Å². The fraction of sp³-hybridized carbons (Fsp3) is 0.429. The molecule has 96 valence electrons. The predicted molar refractivity (Wildman–Crippen MR) is 72.4 cm³/mol. The van der Waals surface area contributed by atoms with Crippen LogP contribution in [0.4, 0.5) is 5.69 Å². The fourth-order valence-corrected chi connectivity index (χ4v) is 1.77. The van der Waals surface area contributed by atoms with Gasteiger partial charge in [0.2, 0.25) is 0 Å². The van der Waals surface area contributed by atoms with Crippen molar-refractivity contribution in [2.75, 3.05) is 12.4 Å². The Morgan fingerprint density at radius 3 is 2.78 bits per heavy atom. The van der Waals surface area contributed by atoms with Gasteiger partial charge in [0.1, 0.15) is 0 Å². The van der Waals surface area contributed by atoms with Crippen molar-refractivity contribution >= 4 is 5.69 Å². The first kappa shape index (κ1) is 12.6. The normalized spacial score (nSPS) is 10.9. The van der Waals surface area contributed by atoms with Gasteiger partial charge in [0, 0.05) is 19.2 Å². The third kappa shape index (κ3) is 2.88. The Morgan fingerprint density at radius 2 is 2.06 bits per heavy atom. The number of anilines is 1. The Hall–Kier alpha value is -1.84. The molecule has 1 aromatic heterocycles. The van der Waals surface area contributed by atoms with Gasteiger partial charge in [-0.2, -0.15) is 4.98 Å². The lowest BCUT2D eigenvalue weighted by Crippen LogP contribution is -1.94. The van der Waals surface area contributed by atoms with Gasteiger partial charge in [-0.05, 0) is 24.5 Å². The molecule has 0 amide bonds. The van der Waals surface area contributed by atoms with E-state index in [0.717, 1.165) is 29.9 Å². The Balaban J connectivity index is 2.18. The SMILES string of the molecule is CNc1ccccc1-c1nc(CCC(C)C)no1. The quantitative estimate of drug-likeness (QED) is 0.877. The van der Waals surface area contributed by atoms with Crippen molar-refractivity contribution in [2.45, 2.75) is 26.7 Å². The van der Waals surface area contributed by atoms with Crippen LogP contribution in [0.15, 0.2) is 28.8 Å². The second-order valence-corrected chi connectivity index (χ2v) is 4.74. The summed E-state index contributed by atoms with van der Waals surface area (Å²) in [6, 6.07) is 7.92. The molecular formula is C14H19N3O. The largest absolute Gasteiger partial charge is 0.387 e. The van der Waals surface area contributed by atoms with Gasteiger partial charge in [0.15, 0.2) is 5.82 Å². The average Bonchev–Trinajstić information content (AvgIpc) is 2.85. The molecular weight excluding hydrogens is 226 g/mol. The van der Waals surface area contributed by atoms with Gasteiger partial charge in [-0.3, -0.25) is 0 Å². The van der Waals surface area contributed by atoms with Gasteiger partial charge in [-0.1, -0.05) is 31.1 Å². The summed E-state index contributed by atoms with van der Waals surface area (Å²) in [4.78, 5) is 4.44. The summed E-state index contributed by atoms with van der Waals surface area (Å²) in [5, 5.41) is 7.15. The van der Waals surface area contributed by atoms with E-state index in [1.807, 2.05) is 31.3 Å². The highest BCUT2D eigenvalue weighted by Gasteiger charge is 2.12. The Morgan fingerprint density at radius 1 is 1.28 bits per heavy atom. The summed E-state index contributed by atoms with van der Waals surface area (Å²) in [6.45, 7) is 4.38. The van der Waals surface area contributed by atoms with E-state index in [9.17, 15) is 0 Å². The second kappa shape index (κ2) is 5.67. The van der Waals surface area contributed by atoms with Gasteiger partial charge in [-0.25, -0.2) is 0 Å². The number of hydrogen-bond acceptors (Lipinski definition) is 4. The van der Waals surface area contributed by atoms with E-state index in [4.69, 9.17) is 4.52 Å². The molecule has 0 radical (unpaired) electrons. The molecule has 0 fully saturated rings. The molecule has 0 aliphatic rings.